The van der Waals surface area contributed by atoms with Crippen LogP contribution in [0, 0.1) is 0 Å². The number of hydrogen-bond acceptors (Lipinski definition) is 2. The Bertz CT molecular complexity index is 506. The van der Waals surface area contributed by atoms with Crippen LogP contribution < -0.4 is 9.29 Å². The van der Waals surface area contributed by atoms with Gasteiger partial charge in [-0.25, -0.2) is 17.6 Å². The Labute approximate surface area is 96.2 Å². The first-order valence-electron chi connectivity index (χ1n) is 4.47. The van der Waals surface area contributed by atoms with E-state index in [0.29, 0.717) is 0 Å². The van der Waals surface area contributed by atoms with Gasteiger partial charge in [-0.3, -0.25) is 0 Å². The van der Waals surface area contributed by atoms with Crippen molar-refractivity contribution < 1.29 is 26.2 Å². The fourth-order valence-electron chi connectivity index (χ4n) is 1.07. The van der Waals surface area contributed by atoms with Gasteiger partial charge in [-0.2, -0.15) is 17.9 Å². The maximum absolute atomic E-state index is 12.1. The molecule has 17 heavy (non-hydrogen) atoms. The van der Waals surface area contributed by atoms with Crippen LogP contribution >= 0.6 is 0 Å². The van der Waals surface area contributed by atoms with Crippen molar-refractivity contribution in [3.05, 3.63) is 25.3 Å². The number of imidazole rings is 1. The second kappa shape index (κ2) is 4.49. The molecule has 0 aliphatic heterocycles. The summed E-state index contributed by atoms with van der Waals surface area (Å²) in [6.07, 6.45) is 4.71. The molecule has 0 spiro atoms. The molecule has 0 aromatic carbocycles. The molecule has 0 amide bonds. The zero-order valence-corrected chi connectivity index (χ0v) is 9.66. The fraction of sp³-hybridized carbons (Fsp3) is 0.375. The first-order valence-corrected chi connectivity index (χ1v) is 5.95. The Hall–Kier alpha value is -1.35. The van der Waals surface area contributed by atoms with Crippen molar-refractivity contribution in [2.45, 2.75) is 18.6 Å². The van der Waals surface area contributed by atoms with Gasteiger partial charge in [0.25, 0.3) is 0 Å². The molecule has 1 aromatic rings. The number of alkyl halides is 3. The summed E-state index contributed by atoms with van der Waals surface area (Å²) >= 11 is 0. The van der Waals surface area contributed by atoms with Crippen LogP contribution in [0.25, 0.3) is 6.20 Å². The lowest BCUT2D eigenvalue weighted by atomic mass is 10.6. The Balaban J connectivity index is 2.86. The molecule has 0 saturated heterocycles. The Morgan fingerprint density at radius 3 is 2.53 bits per heavy atom. The highest BCUT2D eigenvalue weighted by Gasteiger charge is 2.47. The SMILES string of the molecule is C=Cn1cc[n+](C(C)NS(=O)(=O)C(F)(F)F)c1. The van der Waals surface area contributed by atoms with E-state index >= 15 is 0 Å². The van der Waals surface area contributed by atoms with Gasteiger partial charge in [0.2, 0.25) is 6.33 Å². The molecule has 96 valence electrons. The fourth-order valence-corrected chi connectivity index (χ4v) is 1.78. The summed E-state index contributed by atoms with van der Waals surface area (Å²) in [5.41, 5.74) is -5.32. The first kappa shape index (κ1) is 13.7. The number of halogens is 3. The van der Waals surface area contributed by atoms with Gasteiger partial charge >= 0.3 is 15.5 Å². The van der Waals surface area contributed by atoms with Crippen LogP contribution in [0.4, 0.5) is 13.2 Å². The monoisotopic (exact) mass is 270 g/mol. The minimum atomic E-state index is -5.35. The standard InChI is InChI=1S/C8H11F3N3O2S/c1-3-13-4-5-14(6-13)7(2)12-17(15,16)8(9,10)11/h3-7,12H,1H2,2H3/q+1. The average molecular weight is 270 g/mol. The minimum Gasteiger partial charge on any atom is -0.220 e. The van der Waals surface area contributed by atoms with Gasteiger partial charge in [0.1, 0.15) is 12.4 Å². The molecule has 1 heterocycles. The molecule has 0 aliphatic carbocycles. The third kappa shape index (κ3) is 3.07. The minimum absolute atomic E-state index is 1.05. The molecule has 5 nitrogen and oxygen atoms in total. The van der Waals surface area contributed by atoms with Gasteiger partial charge < -0.3 is 0 Å². The quantitative estimate of drug-likeness (QED) is 0.824. The Morgan fingerprint density at radius 2 is 2.12 bits per heavy atom. The lowest BCUT2D eigenvalue weighted by Gasteiger charge is -2.12. The highest BCUT2D eigenvalue weighted by molar-refractivity contribution is 7.90. The second-order valence-electron chi connectivity index (χ2n) is 3.23. The van der Waals surface area contributed by atoms with Gasteiger partial charge in [0, 0.05) is 0 Å². The molecule has 0 aliphatic rings. The van der Waals surface area contributed by atoms with Crippen molar-refractivity contribution in [2.24, 2.45) is 0 Å². The van der Waals surface area contributed by atoms with E-state index in [1.807, 2.05) is 0 Å². The van der Waals surface area contributed by atoms with Crippen LogP contribution in [-0.4, -0.2) is 18.5 Å². The van der Waals surface area contributed by atoms with Gasteiger partial charge in [-0.15, -0.1) is 0 Å². The van der Waals surface area contributed by atoms with Crippen LogP contribution in [0.1, 0.15) is 13.1 Å². The highest BCUT2D eigenvalue weighted by atomic mass is 32.2. The van der Waals surface area contributed by atoms with Crippen LogP contribution in [-0.2, 0) is 10.0 Å². The molecule has 0 radical (unpaired) electrons. The van der Waals surface area contributed by atoms with Crippen LogP contribution in [0.15, 0.2) is 25.3 Å². The number of nitrogens with one attached hydrogen (secondary N) is 1. The van der Waals surface area contributed by atoms with Crippen molar-refractivity contribution in [3.63, 3.8) is 0 Å². The second-order valence-corrected chi connectivity index (χ2v) is 4.94. The average Bonchev–Trinajstić information content (AvgIpc) is 2.63. The molecular formula is C8H11F3N3O2S+. The van der Waals surface area contributed by atoms with E-state index in [1.165, 1.54) is 45.7 Å². The summed E-state index contributed by atoms with van der Waals surface area (Å²) in [5.74, 6) is 0. The predicted molar refractivity (Wildman–Crippen MR) is 53.8 cm³/mol. The third-order valence-corrected chi connectivity index (χ3v) is 3.23. The summed E-state index contributed by atoms with van der Waals surface area (Å²) in [7, 11) is -5.35. The molecule has 9 heteroatoms. The van der Waals surface area contributed by atoms with E-state index in [-0.39, 0.29) is 0 Å². The maximum Gasteiger partial charge on any atom is 0.511 e. The number of rotatable bonds is 4. The topological polar surface area (TPSA) is 55.0 Å². The van der Waals surface area contributed by atoms with E-state index < -0.39 is 21.7 Å². The molecule has 0 bridgehead atoms. The molecule has 1 atom stereocenters. The van der Waals surface area contributed by atoms with Crippen LogP contribution in [0.3, 0.4) is 0 Å². The highest BCUT2D eigenvalue weighted by Crippen LogP contribution is 2.22. The Morgan fingerprint density at radius 1 is 1.53 bits per heavy atom. The molecule has 0 saturated carbocycles. The summed E-state index contributed by atoms with van der Waals surface area (Å²) in [6.45, 7) is 4.74. The molecule has 1 aromatic heterocycles. The van der Waals surface area contributed by atoms with Crippen LogP contribution in [0.5, 0.6) is 0 Å². The zero-order valence-electron chi connectivity index (χ0n) is 8.85. The van der Waals surface area contributed by atoms with E-state index in [2.05, 4.69) is 6.58 Å². The number of sulfonamides is 1. The van der Waals surface area contributed by atoms with Crippen molar-refractivity contribution in [1.29, 1.82) is 0 Å². The van der Waals surface area contributed by atoms with Gasteiger partial charge in [-0.1, -0.05) is 6.58 Å². The normalized spacial score (nSPS) is 14.6. The summed E-state index contributed by atoms with van der Waals surface area (Å²) in [4.78, 5) is 0. The van der Waals surface area contributed by atoms with Crippen molar-refractivity contribution in [1.82, 2.24) is 9.29 Å². The molecule has 1 unspecified atom stereocenters. The third-order valence-electron chi connectivity index (χ3n) is 1.97. The predicted octanol–water partition coefficient (Wildman–Crippen LogP) is 0.834. The summed E-state index contributed by atoms with van der Waals surface area (Å²) in [5, 5.41) is 0. The van der Waals surface area contributed by atoms with E-state index in [1.54, 1.807) is 0 Å². The van der Waals surface area contributed by atoms with E-state index in [9.17, 15) is 21.6 Å². The van der Waals surface area contributed by atoms with Gasteiger partial charge in [-0.05, 0) is 6.92 Å². The maximum atomic E-state index is 12.1. The van der Waals surface area contributed by atoms with Crippen molar-refractivity contribution >= 4 is 16.2 Å². The molecule has 1 rings (SSSR count). The Kier molecular flexibility index (Phi) is 3.62. The summed E-state index contributed by atoms with van der Waals surface area (Å²) < 4.78 is 62.2. The largest absolute Gasteiger partial charge is 0.511 e. The van der Waals surface area contributed by atoms with Crippen LogP contribution in [0.2, 0.25) is 0 Å². The molecule has 0 fully saturated rings. The summed E-state index contributed by atoms with van der Waals surface area (Å²) in [6, 6.07) is 0. The van der Waals surface area contributed by atoms with Crippen molar-refractivity contribution in [3.8, 4) is 0 Å². The van der Waals surface area contributed by atoms with E-state index in [0.717, 1.165) is 0 Å². The lowest BCUT2D eigenvalue weighted by Crippen LogP contribution is -2.49. The van der Waals surface area contributed by atoms with E-state index in [4.69, 9.17) is 0 Å². The van der Waals surface area contributed by atoms with Gasteiger partial charge in [0.05, 0.1) is 6.20 Å². The zero-order chi connectivity index (χ0) is 13.3. The smallest absolute Gasteiger partial charge is 0.220 e. The van der Waals surface area contributed by atoms with Gasteiger partial charge in [0.15, 0.2) is 6.17 Å². The number of nitrogens with zero attached hydrogens (tertiary/aromatic N) is 2. The molecular weight excluding hydrogens is 259 g/mol. The lowest BCUT2D eigenvalue weighted by molar-refractivity contribution is -0.721. The first-order chi connectivity index (χ1) is 7.67. The molecule has 1 N–H and O–H groups in total. The van der Waals surface area contributed by atoms with Crippen molar-refractivity contribution in [2.75, 3.05) is 0 Å². The number of hydrogen-bond donors (Lipinski definition) is 1. The number of aromatic nitrogens is 2.